The number of aromatic nitrogens is 3. The van der Waals surface area contributed by atoms with Crippen LogP contribution in [0.5, 0.6) is 0 Å². The molecule has 29 heavy (non-hydrogen) atoms. The topological polar surface area (TPSA) is 76.4 Å². The van der Waals surface area contributed by atoms with Crippen molar-refractivity contribution in [1.82, 2.24) is 14.4 Å². The third-order valence-corrected chi connectivity index (χ3v) is 6.05. The van der Waals surface area contributed by atoms with Gasteiger partial charge in [-0.15, -0.1) is 11.3 Å². The summed E-state index contributed by atoms with van der Waals surface area (Å²) in [6, 6.07) is 9.00. The van der Waals surface area contributed by atoms with Crippen molar-refractivity contribution in [3.63, 3.8) is 0 Å². The normalized spacial score (nSPS) is 11.0. The van der Waals surface area contributed by atoms with E-state index in [0.717, 1.165) is 16.0 Å². The highest BCUT2D eigenvalue weighted by Crippen LogP contribution is 2.29. The number of amides is 1. The Balaban J connectivity index is 1.54. The van der Waals surface area contributed by atoms with E-state index in [2.05, 4.69) is 15.3 Å². The number of nitrogens with zero attached hydrogens (tertiary/aromatic N) is 3. The van der Waals surface area contributed by atoms with Gasteiger partial charge in [0.25, 0.3) is 11.5 Å². The van der Waals surface area contributed by atoms with Crippen molar-refractivity contribution in [3.05, 3.63) is 90.9 Å². The largest absolute Gasteiger partial charge is 0.298 e. The third-order valence-electron chi connectivity index (χ3n) is 4.28. The Kier molecular flexibility index (Phi) is 5.36. The summed E-state index contributed by atoms with van der Waals surface area (Å²) in [5.74, 6) is -0.556. The molecule has 0 bridgehead atoms. The molecule has 4 rings (SSSR count). The lowest BCUT2D eigenvalue weighted by Gasteiger charge is -2.05. The smallest absolute Gasteiger partial charge is 0.270 e. The van der Waals surface area contributed by atoms with Crippen LogP contribution in [0.3, 0.4) is 0 Å². The zero-order valence-electron chi connectivity index (χ0n) is 15.1. The van der Waals surface area contributed by atoms with E-state index in [0.29, 0.717) is 27.2 Å². The maximum absolute atomic E-state index is 12.6. The number of carbonyl (C=O) groups is 1. The van der Waals surface area contributed by atoms with Crippen LogP contribution in [0.2, 0.25) is 10.0 Å². The highest BCUT2D eigenvalue weighted by molar-refractivity contribution is 7.15. The Hall–Kier alpha value is -2.74. The SMILES string of the molecule is Cc1ccn2c(=O)c(C(=O)Nc3ncc(Cc4cccc(Cl)c4Cl)s3)cnc2c1. The first kappa shape index (κ1) is 19.6. The number of thiazole rings is 1. The molecule has 9 heteroatoms. The fourth-order valence-corrected chi connectivity index (χ4v) is 4.03. The Labute approximate surface area is 179 Å². The number of rotatable bonds is 4. The molecule has 3 heterocycles. The Morgan fingerprint density at radius 2 is 2.03 bits per heavy atom. The summed E-state index contributed by atoms with van der Waals surface area (Å²) in [6.07, 6.45) is 5.08. The maximum atomic E-state index is 12.6. The lowest BCUT2D eigenvalue weighted by atomic mass is 10.1. The molecule has 0 spiro atoms. The fraction of sp³-hybridized carbons (Fsp3) is 0.100. The number of pyridine rings is 1. The molecule has 0 saturated heterocycles. The van der Waals surface area contributed by atoms with E-state index >= 15 is 0 Å². The first-order chi connectivity index (χ1) is 13.9. The predicted molar refractivity (Wildman–Crippen MR) is 116 cm³/mol. The van der Waals surface area contributed by atoms with Crippen LogP contribution in [0.1, 0.15) is 26.4 Å². The monoisotopic (exact) mass is 444 g/mol. The minimum Gasteiger partial charge on any atom is -0.298 e. The second-order valence-electron chi connectivity index (χ2n) is 6.38. The number of aryl methyl sites for hydroxylation is 1. The van der Waals surface area contributed by atoms with E-state index in [1.807, 2.05) is 19.1 Å². The predicted octanol–water partition coefficient (Wildman–Crippen LogP) is 4.61. The fourth-order valence-electron chi connectivity index (χ4n) is 2.82. The number of nitrogens with one attached hydrogen (secondary N) is 1. The van der Waals surface area contributed by atoms with Crippen molar-refractivity contribution in [2.75, 3.05) is 5.32 Å². The molecule has 0 atom stereocenters. The third kappa shape index (κ3) is 4.03. The van der Waals surface area contributed by atoms with Crippen LogP contribution in [-0.2, 0) is 6.42 Å². The number of halogens is 2. The van der Waals surface area contributed by atoms with Crippen molar-refractivity contribution in [1.29, 1.82) is 0 Å². The van der Waals surface area contributed by atoms with Crippen LogP contribution in [0.25, 0.3) is 5.65 Å². The summed E-state index contributed by atoms with van der Waals surface area (Å²) in [7, 11) is 0. The molecule has 3 aromatic heterocycles. The molecule has 0 unspecified atom stereocenters. The van der Waals surface area contributed by atoms with Crippen molar-refractivity contribution < 1.29 is 4.79 Å². The molecular weight excluding hydrogens is 431 g/mol. The minimum absolute atomic E-state index is 0.0546. The molecule has 0 saturated carbocycles. The van der Waals surface area contributed by atoms with E-state index in [4.69, 9.17) is 23.2 Å². The lowest BCUT2D eigenvalue weighted by molar-refractivity contribution is 0.102. The van der Waals surface area contributed by atoms with Gasteiger partial charge in [-0.1, -0.05) is 35.3 Å². The summed E-state index contributed by atoms with van der Waals surface area (Å²) in [6.45, 7) is 1.91. The van der Waals surface area contributed by atoms with Gasteiger partial charge in [-0.05, 0) is 36.2 Å². The molecule has 146 valence electrons. The second-order valence-corrected chi connectivity index (χ2v) is 8.29. The van der Waals surface area contributed by atoms with E-state index in [1.165, 1.54) is 21.9 Å². The van der Waals surface area contributed by atoms with Gasteiger partial charge in [-0.2, -0.15) is 0 Å². The molecule has 0 fully saturated rings. The van der Waals surface area contributed by atoms with Crippen molar-refractivity contribution >= 4 is 51.2 Å². The molecule has 1 aromatic carbocycles. The summed E-state index contributed by atoms with van der Waals surface area (Å²) in [5.41, 5.74) is 1.84. The van der Waals surface area contributed by atoms with Gasteiger partial charge >= 0.3 is 0 Å². The molecule has 0 aliphatic rings. The van der Waals surface area contributed by atoms with E-state index < -0.39 is 11.5 Å². The van der Waals surface area contributed by atoms with Crippen LogP contribution < -0.4 is 10.9 Å². The summed E-state index contributed by atoms with van der Waals surface area (Å²) in [4.78, 5) is 34.5. The minimum atomic E-state index is -0.556. The quantitative estimate of drug-likeness (QED) is 0.498. The van der Waals surface area contributed by atoms with Gasteiger partial charge in [0.15, 0.2) is 5.13 Å². The number of fused-ring (bicyclic) bond motifs is 1. The Morgan fingerprint density at radius 1 is 1.21 bits per heavy atom. The number of carbonyl (C=O) groups excluding carboxylic acids is 1. The highest BCUT2D eigenvalue weighted by Gasteiger charge is 2.16. The molecule has 0 aliphatic carbocycles. The van der Waals surface area contributed by atoms with Crippen molar-refractivity contribution in [3.8, 4) is 0 Å². The summed E-state index contributed by atoms with van der Waals surface area (Å²) >= 11 is 13.6. The first-order valence-electron chi connectivity index (χ1n) is 8.59. The summed E-state index contributed by atoms with van der Waals surface area (Å²) < 4.78 is 1.34. The Morgan fingerprint density at radius 3 is 2.86 bits per heavy atom. The van der Waals surface area contributed by atoms with E-state index in [9.17, 15) is 9.59 Å². The van der Waals surface area contributed by atoms with Gasteiger partial charge < -0.3 is 0 Å². The van der Waals surface area contributed by atoms with Gasteiger partial charge in [0.2, 0.25) is 0 Å². The number of hydrogen-bond donors (Lipinski definition) is 1. The van der Waals surface area contributed by atoms with Crippen molar-refractivity contribution in [2.24, 2.45) is 0 Å². The molecule has 4 aromatic rings. The average molecular weight is 445 g/mol. The standard InChI is InChI=1S/C20H14Cl2N4O2S/c1-11-5-6-26-16(7-11)23-10-14(19(26)28)18(27)25-20-24-9-13(29-20)8-12-3-2-4-15(21)17(12)22/h2-7,9-10H,8H2,1H3,(H,24,25,27). The van der Waals surface area contributed by atoms with Gasteiger partial charge in [0, 0.05) is 29.9 Å². The van der Waals surface area contributed by atoms with E-state index in [-0.39, 0.29) is 5.56 Å². The van der Waals surface area contributed by atoms with Gasteiger partial charge in [0.05, 0.1) is 10.0 Å². The molecule has 0 radical (unpaired) electrons. The summed E-state index contributed by atoms with van der Waals surface area (Å²) in [5, 5.41) is 4.04. The van der Waals surface area contributed by atoms with Crippen LogP contribution in [0.4, 0.5) is 5.13 Å². The molecule has 1 amide bonds. The average Bonchev–Trinajstić information content (AvgIpc) is 3.12. The van der Waals surface area contributed by atoms with Gasteiger partial charge in [-0.25, -0.2) is 9.97 Å². The van der Waals surface area contributed by atoms with Crippen molar-refractivity contribution in [2.45, 2.75) is 13.3 Å². The number of anilines is 1. The second kappa shape index (κ2) is 7.94. The molecular formula is C20H14Cl2N4O2S. The van der Waals surface area contributed by atoms with Crippen LogP contribution in [0, 0.1) is 6.92 Å². The Bertz CT molecular complexity index is 1300. The number of benzene rings is 1. The number of hydrogen-bond acceptors (Lipinski definition) is 5. The zero-order chi connectivity index (χ0) is 20.5. The lowest BCUT2D eigenvalue weighted by Crippen LogP contribution is -2.26. The first-order valence-corrected chi connectivity index (χ1v) is 10.2. The van der Waals surface area contributed by atoms with Gasteiger partial charge in [0.1, 0.15) is 11.2 Å². The van der Waals surface area contributed by atoms with Crippen LogP contribution >= 0.6 is 34.5 Å². The maximum Gasteiger partial charge on any atom is 0.270 e. The molecule has 1 N–H and O–H groups in total. The zero-order valence-corrected chi connectivity index (χ0v) is 17.5. The van der Waals surface area contributed by atoms with Gasteiger partial charge in [-0.3, -0.25) is 19.3 Å². The van der Waals surface area contributed by atoms with E-state index in [1.54, 1.807) is 30.6 Å². The van der Waals surface area contributed by atoms with Crippen LogP contribution in [-0.4, -0.2) is 20.3 Å². The molecule has 0 aliphatic heterocycles. The highest BCUT2D eigenvalue weighted by atomic mass is 35.5. The molecule has 6 nitrogen and oxygen atoms in total. The van der Waals surface area contributed by atoms with Crippen LogP contribution in [0.15, 0.2) is 53.7 Å².